The zero-order valence-electron chi connectivity index (χ0n) is 14.0. The second-order valence-electron chi connectivity index (χ2n) is 4.98. The predicted octanol–water partition coefficient (Wildman–Crippen LogP) is 3.13. The van der Waals surface area contributed by atoms with Gasteiger partial charge in [-0.15, -0.1) is 0 Å². The molecular formula is C18H19N3O4. The summed E-state index contributed by atoms with van der Waals surface area (Å²) < 4.78 is 15.9. The molecular weight excluding hydrogens is 322 g/mol. The molecule has 0 atom stereocenters. The topological polar surface area (TPSA) is 92.6 Å². The predicted molar refractivity (Wildman–Crippen MR) is 93.1 cm³/mol. The molecule has 0 saturated carbocycles. The van der Waals surface area contributed by atoms with Gasteiger partial charge in [0.15, 0.2) is 11.5 Å². The lowest BCUT2D eigenvalue weighted by atomic mass is 10.2. The molecule has 7 heteroatoms. The lowest BCUT2D eigenvalue weighted by Crippen LogP contribution is -2.31. The van der Waals surface area contributed by atoms with E-state index in [9.17, 15) is 4.79 Å². The summed E-state index contributed by atoms with van der Waals surface area (Å²) in [6.07, 6.45) is 0. The molecule has 0 radical (unpaired) electrons. The van der Waals surface area contributed by atoms with Gasteiger partial charge in [0.1, 0.15) is 5.75 Å². The van der Waals surface area contributed by atoms with Gasteiger partial charge in [0.05, 0.1) is 25.3 Å². The Morgan fingerprint density at radius 1 is 1.12 bits per heavy atom. The molecule has 7 nitrogen and oxygen atoms in total. The van der Waals surface area contributed by atoms with Gasteiger partial charge in [0.2, 0.25) is 0 Å². The largest absolute Gasteiger partial charge is 0.493 e. The fraction of sp³-hybridized carbons (Fsp3) is 0.222. The zero-order chi connectivity index (χ0) is 18.1. The number of ether oxygens (including phenoxy) is 3. The lowest BCUT2D eigenvalue weighted by Gasteiger charge is -2.11. The van der Waals surface area contributed by atoms with Gasteiger partial charge in [-0.25, -0.2) is 4.79 Å². The number of rotatable bonds is 7. The number of nitriles is 1. The van der Waals surface area contributed by atoms with Crippen molar-refractivity contribution in [3.05, 3.63) is 48.0 Å². The summed E-state index contributed by atoms with van der Waals surface area (Å²) in [6, 6.07) is 13.6. The van der Waals surface area contributed by atoms with Crippen molar-refractivity contribution in [2.75, 3.05) is 32.7 Å². The van der Waals surface area contributed by atoms with Crippen molar-refractivity contribution < 1.29 is 19.0 Å². The highest BCUT2D eigenvalue weighted by molar-refractivity contribution is 5.89. The van der Waals surface area contributed by atoms with E-state index in [0.717, 1.165) is 0 Å². The Kier molecular flexibility index (Phi) is 6.63. The quantitative estimate of drug-likeness (QED) is 0.755. The zero-order valence-corrected chi connectivity index (χ0v) is 14.0. The highest BCUT2D eigenvalue weighted by Gasteiger charge is 2.07. The average molecular weight is 341 g/mol. The Morgan fingerprint density at radius 3 is 2.52 bits per heavy atom. The molecule has 25 heavy (non-hydrogen) atoms. The van der Waals surface area contributed by atoms with Gasteiger partial charge in [0, 0.05) is 25.4 Å². The highest BCUT2D eigenvalue weighted by atomic mass is 16.5. The number of nitrogens with one attached hydrogen (secondary N) is 2. The van der Waals surface area contributed by atoms with Gasteiger partial charge < -0.3 is 24.8 Å². The molecule has 130 valence electrons. The molecule has 2 aromatic carbocycles. The van der Waals surface area contributed by atoms with Crippen molar-refractivity contribution in [2.45, 2.75) is 0 Å². The van der Waals surface area contributed by atoms with Crippen molar-refractivity contribution in [1.82, 2.24) is 5.32 Å². The van der Waals surface area contributed by atoms with Crippen LogP contribution in [0.3, 0.4) is 0 Å². The summed E-state index contributed by atoms with van der Waals surface area (Å²) in [7, 11) is 3.08. The third kappa shape index (κ3) is 5.41. The van der Waals surface area contributed by atoms with Crippen LogP contribution in [0.15, 0.2) is 42.5 Å². The second-order valence-corrected chi connectivity index (χ2v) is 4.98. The molecule has 0 saturated heterocycles. The maximum Gasteiger partial charge on any atom is 0.319 e. The summed E-state index contributed by atoms with van der Waals surface area (Å²) >= 11 is 0. The molecule has 0 bridgehead atoms. The second kappa shape index (κ2) is 9.15. The van der Waals surface area contributed by atoms with Crippen LogP contribution in [0.1, 0.15) is 5.56 Å². The number of hydrogen-bond donors (Lipinski definition) is 2. The van der Waals surface area contributed by atoms with E-state index in [4.69, 9.17) is 19.5 Å². The average Bonchev–Trinajstić information content (AvgIpc) is 2.64. The number of carbonyl (C=O) groups is 1. The van der Waals surface area contributed by atoms with E-state index in [0.29, 0.717) is 41.7 Å². The molecule has 2 aromatic rings. The monoisotopic (exact) mass is 341 g/mol. The minimum Gasteiger partial charge on any atom is -0.493 e. The van der Waals surface area contributed by atoms with Crippen LogP contribution in [0.25, 0.3) is 0 Å². The summed E-state index contributed by atoms with van der Waals surface area (Å²) in [5.74, 6) is 1.55. The van der Waals surface area contributed by atoms with Crippen molar-refractivity contribution in [3.8, 4) is 23.3 Å². The Balaban J connectivity index is 1.99. The van der Waals surface area contributed by atoms with E-state index >= 15 is 0 Å². The van der Waals surface area contributed by atoms with Crippen LogP contribution in [0.4, 0.5) is 10.5 Å². The van der Waals surface area contributed by atoms with Crippen LogP contribution in [-0.4, -0.2) is 33.4 Å². The first-order valence-electron chi connectivity index (χ1n) is 7.56. The van der Waals surface area contributed by atoms with Crippen LogP contribution in [0, 0.1) is 11.3 Å². The Hall–Kier alpha value is -3.24. The number of methoxy groups -OCH3 is 2. The van der Waals surface area contributed by atoms with Crippen LogP contribution < -0.4 is 20.1 Å². The Labute approximate surface area is 146 Å². The summed E-state index contributed by atoms with van der Waals surface area (Å²) in [5.41, 5.74) is 1.12. The molecule has 0 heterocycles. The normalized spacial score (nSPS) is 9.80. The molecule has 0 unspecified atom stereocenters. The Bertz CT molecular complexity index is 754. The lowest BCUT2D eigenvalue weighted by molar-refractivity contribution is 0.198. The number of benzene rings is 2. The molecule has 0 aliphatic carbocycles. The first kappa shape index (κ1) is 18.1. The molecule has 0 aliphatic heterocycles. The smallest absolute Gasteiger partial charge is 0.319 e. The number of anilines is 1. The Morgan fingerprint density at radius 2 is 1.88 bits per heavy atom. The van der Waals surface area contributed by atoms with Gasteiger partial charge >= 0.3 is 6.03 Å². The van der Waals surface area contributed by atoms with Gasteiger partial charge in [-0.2, -0.15) is 5.26 Å². The van der Waals surface area contributed by atoms with Gasteiger partial charge in [0.25, 0.3) is 0 Å². The summed E-state index contributed by atoms with van der Waals surface area (Å²) in [6.45, 7) is 0.884. The summed E-state index contributed by atoms with van der Waals surface area (Å²) in [4.78, 5) is 11.7. The number of carbonyl (C=O) groups excluding carboxylic acids is 1. The maximum atomic E-state index is 11.7. The van der Waals surface area contributed by atoms with Crippen LogP contribution in [-0.2, 0) is 4.74 Å². The third-order valence-electron chi connectivity index (χ3n) is 3.22. The fourth-order valence-electron chi connectivity index (χ4n) is 2.00. The molecule has 2 rings (SSSR count). The van der Waals surface area contributed by atoms with E-state index in [1.807, 2.05) is 6.07 Å². The van der Waals surface area contributed by atoms with Crippen LogP contribution in [0.2, 0.25) is 0 Å². The van der Waals surface area contributed by atoms with E-state index < -0.39 is 0 Å². The molecule has 0 aromatic heterocycles. The number of nitrogens with zero attached hydrogens (tertiary/aromatic N) is 1. The van der Waals surface area contributed by atoms with Gasteiger partial charge in [-0.3, -0.25) is 0 Å². The van der Waals surface area contributed by atoms with Crippen LogP contribution in [0.5, 0.6) is 17.2 Å². The van der Waals surface area contributed by atoms with Crippen molar-refractivity contribution >= 4 is 11.7 Å². The minimum atomic E-state index is -0.306. The van der Waals surface area contributed by atoms with Crippen molar-refractivity contribution in [2.24, 2.45) is 0 Å². The van der Waals surface area contributed by atoms with Crippen molar-refractivity contribution in [1.29, 1.82) is 5.26 Å². The first-order chi connectivity index (χ1) is 12.2. The van der Waals surface area contributed by atoms with Gasteiger partial charge in [-0.05, 0) is 36.4 Å². The number of urea groups is 1. The third-order valence-corrected chi connectivity index (χ3v) is 3.22. The molecule has 2 N–H and O–H groups in total. The van der Waals surface area contributed by atoms with E-state index in [-0.39, 0.29) is 6.03 Å². The first-order valence-corrected chi connectivity index (χ1v) is 7.56. The minimum absolute atomic E-state index is 0.306. The number of amides is 2. The van der Waals surface area contributed by atoms with Crippen LogP contribution >= 0.6 is 0 Å². The van der Waals surface area contributed by atoms with Gasteiger partial charge in [-0.1, -0.05) is 0 Å². The summed E-state index contributed by atoms with van der Waals surface area (Å²) in [5, 5.41) is 14.3. The fourth-order valence-corrected chi connectivity index (χ4v) is 2.00. The molecule has 0 aliphatic rings. The van der Waals surface area contributed by atoms with Crippen molar-refractivity contribution in [3.63, 3.8) is 0 Å². The van der Waals surface area contributed by atoms with E-state index in [1.165, 1.54) is 7.11 Å². The molecule has 0 fully saturated rings. The molecule has 2 amide bonds. The van der Waals surface area contributed by atoms with E-state index in [2.05, 4.69) is 10.6 Å². The highest BCUT2D eigenvalue weighted by Crippen LogP contribution is 2.32. The maximum absolute atomic E-state index is 11.7. The molecule has 0 spiro atoms. The standard InChI is InChI=1S/C18H19N3O4/c1-23-10-9-20-18(22)21-14-4-6-15(7-5-14)25-16-8-3-13(12-19)11-17(16)24-2/h3-8,11H,9-10H2,1-2H3,(H2,20,21,22). The SMILES string of the molecule is COCCNC(=O)Nc1ccc(Oc2ccc(C#N)cc2OC)cc1. The van der Waals surface area contributed by atoms with E-state index in [1.54, 1.807) is 49.6 Å². The number of hydrogen-bond acceptors (Lipinski definition) is 5.